The third-order valence-corrected chi connectivity index (χ3v) is 6.61. The Bertz CT molecular complexity index is 1460. The molecule has 0 fully saturated rings. The van der Waals surface area contributed by atoms with Crippen LogP contribution >= 0.6 is 11.3 Å². The molecule has 174 valence electrons. The molecule has 0 saturated carbocycles. The van der Waals surface area contributed by atoms with E-state index < -0.39 is 11.9 Å². The molecule has 5 rings (SSSR count). The lowest BCUT2D eigenvalue weighted by atomic mass is 9.97. The predicted molar refractivity (Wildman–Crippen MR) is 129 cm³/mol. The molecule has 4 aromatic rings. The zero-order valence-corrected chi connectivity index (χ0v) is 20.1. The Hall–Kier alpha value is -3.72. The van der Waals surface area contributed by atoms with E-state index in [1.54, 1.807) is 23.7 Å². The minimum atomic E-state index is -0.743. The fourth-order valence-electron chi connectivity index (χ4n) is 4.25. The Labute approximate surface area is 199 Å². The minimum Gasteiger partial charge on any atom is -0.490 e. The molecule has 0 spiro atoms. The van der Waals surface area contributed by atoms with E-state index in [4.69, 9.17) is 13.9 Å². The number of aromatic nitrogens is 2. The second-order valence-electron chi connectivity index (χ2n) is 7.98. The second kappa shape index (κ2) is 8.57. The van der Waals surface area contributed by atoms with Crippen LogP contribution < -0.4 is 19.8 Å². The number of hydrogen-bond acceptors (Lipinski definition) is 8. The number of ether oxygens (including phenoxy) is 2. The molecular formula is C25H23N3O5S. The van der Waals surface area contributed by atoms with Gasteiger partial charge in [-0.25, -0.2) is 0 Å². The maximum Gasteiger partial charge on any atom is 0.297 e. The molecule has 0 bridgehead atoms. The van der Waals surface area contributed by atoms with E-state index in [9.17, 15) is 9.59 Å². The van der Waals surface area contributed by atoms with Crippen molar-refractivity contribution in [2.45, 2.75) is 33.7 Å². The van der Waals surface area contributed by atoms with Crippen molar-refractivity contribution in [2.24, 2.45) is 0 Å². The normalized spacial score (nSPS) is 15.1. The first-order valence-electron chi connectivity index (χ1n) is 11.0. The van der Waals surface area contributed by atoms with Crippen LogP contribution in [0.15, 0.2) is 45.1 Å². The van der Waals surface area contributed by atoms with Crippen LogP contribution in [0.3, 0.4) is 0 Å². The van der Waals surface area contributed by atoms with Crippen molar-refractivity contribution in [1.29, 1.82) is 0 Å². The average molecular weight is 478 g/mol. The van der Waals surface area contributed by atoms with Crippen molar-refractivity contribution in [3.8, 4) is 11.5 Å². The Morgan fingerprint density at radius 1 is 1.03 bits per heavy atom. The quantitative estimate of drug-likeness (QED) is 0.393. The first-order chi connectivity index (χ1) is 16.4. The molecule has 3 heterocycles. The standard InChI is InChI=1S/C25H23N3O5S/c1-5-31-17-8-7-15(11-19(17)32-6-2)21-20-22(29)16-9-13(3)14(4)10-18(16)33-23(20)24(30)28(21)25-27-26-12-34-25/h7-12,21H,5-6H2,1-4H3. The summed E-state index contributed by atoms with van der Waals surface area (Å²) in [5, 5.41) is 8.83. The molecule has 2 aromatic carbocycles. The zero-order valence-electron chi connectivity index (χ0n) is 19.2. The topological polar surface area (TPSA) is 94.8 Å². The van der Waals surface area contributed by atoms with Crippen molar-refractivity contribution in [3.05, 3.63) is 74.1 Å². The van der Waals surface area contributed by atoms with Crippen LogP contribution in [0.2, 0.25) is 0 Å². The Balaban J connectivity index is 1.78. The number of rotatable bonds is 6. The molecule has 9 heteroatoms. The summed E-state index contributed by atoms with van der Waals surface area (Å²) in [7, 11) is 0. The molecule has 0 saturated heterocycles. The van der Waals surface area contributed by atoms with Gasteiger partial charge < -0.3 is 13.9 Å². The van der Waals surface area contributed by atoms with Crippen molar-refractivity contribution in [1.82, 2.24) is 10.2 Å². The summed E-state index contributed by atoms with van der Waals surface area (Å²) in [6, 6.07) is 8.30. The first kappa shape index (κ1) is 22.1. The molecule has 1 unspecified atom stereocenters. The van der Waals surface area contributed by atoms with Gasteiger partial charge in [0.15, 0.2) is 16.9 Å². The highest BCUT2D eigenvalue weighted by atomic mass is 32.1. The summed E-state index contributed by atoms with van der Waals surface area (Å²) in [6.07, 6.45) is 0. The van der Waals surface area contributed by atoms with Crippen molar-refractivity contribution >= 4 is 33.3 Å². The molecule has 1 aliphatic heterocycles. The molecule has 34 heavy (non-hydrogen) atoms. The van der Waals surface area contributed by atoms with E-state index >= 15 is 0 Å². The lowest BCUT2D eigenvalue weighted by molar-refractivity contribution is 0.0970. The van der Waals surface area contributed by atoms with E-state index in [1.165, 1.54) is 16.2 Å². The summed E-state index contributed by atoms with van der Waals surface area (Å²) in [5.41, 5.74) is 4.61. The highest BCUT2D eigenvalue weighted by Gasteiger charge is 2.45. The summed E-state index contributed by atoms with van der Waals surface area (Å²) < 4.78 is 17.6. The average Bonchev–Trinajstić information content (AvgIpc) is 3.44. The van der Waals surface area contributed by atoms with E-state index in [2.05, 4.69) is 10.2 Å². The van der Waals surface area contributed by atoms with Crippen LogP contribution in [0.1, 0.15) is 52.7 Å². The predicted octanol–water partition coefficient (Wildman–Crippen LogP) is 4.81. The number of aryl methyl sites for hydroxylation is 2. The summed E-state index contributed by atoms with van der Waals surface area (Å²) in [4.78, 5) is 28.8. The van der Waals surface area contributed by atoms with Gasteiger partial charge in [0.2, 0.25) is 10.9 Å². The van der Waals surface area contributed by atoms with Gasteiger partial charge in [0.05, 0.1) is 30.2 Å². The monoisotopic (exact) mass is 477 g/mol. The van der Waals surface area contributed by atoms with E-state index in [-0.39, 0.29) is 16.8 Å². The largest absolute Gasteiger partial charge is 0.490 e. The van der Waals surface area contributed by atoms with Gasteiger partial charge in [-0.2, -0.15) is 0 Å². The van der Waals surface area contributed by atoms with Crippen LogP contribution in [-0.4, -0.2) is 29.3 Å². The van der Waals surface area contributed by atoms with Gasteiger partial charge in [0.25, 0.3) is 5.91 Å². The van der Waals surface area contributed by atoms with Gasteiger partial charge in [-0.15, -0.1) is 10.2 Å². The first-order valence-corrected chi connectivity index (χ1v) is 11.9. The van der Waals surface area contributed by atoms with Crippen molar-refractivity contribution < 1.29 is 18.7 Å². The lowest BCUT2D eigenvalue weighted by Crippen LogP contribution is -2.29. The Morgan fingerprint density at radius 3 is 2.47 bits per heavy atom. The molecule has 8 nitrogen and oxygen atoms in total. The third-order valence-electron chi connectivity index (χ3n) is 5.92. The van der Waals surface area contributed by atoms with Crippen LogP contribution in [0, 0.1) is 13.8 Å². The number of carbonyl (C=O) groups excluding carboxylic acids is 1. The van der Waals surface area contributed by atoms with E-state index in [0.29, 0.717) is 46.4 Å². The maximum absolute atomic E-state index is 13.8. The van der Waals surface area contributed by atoms with Crippen LogP contribution in [-0.2, 0) is 0 Å². The molecule has 0 radical (unpaired) electrons. The Morgan fingerprint density at radius 2 is 1.76 bits per heavy atom. The summed E-state index contributed by atoms with van der Waals surface area (Å²) >= 11 is 1.22. The van der Waals surface area contributed by atoms with E-state index in [1.807, 2.05) is 39.8 Å². The molecule has 1 aliphatic rings. The number of anilines is 1. The number of hydrogen-bond donors (Lipinski definition) is 0. The Kier molecular flexibility index (Phi) is 5.57. The van der Waals surface area contributed by atoms with Gasteiger partial charge in [0, 0.05) is 0 Å². The smallest absolute Gasteiger partial charge is 0.297 e. The molecule has 0 aliphatic carbocycles. The van der Waals surface area contributed by atoms with Gasteiger partial charge >= 0.3 is 0 Å². The fourth-order valence-corrected chi connectivity index (χ4v) is 4.84. The van der Waals surface area contributed by atoms with Crippen LogP contribution in [0.4, 0.5) is 5.13 Å². The highest BCUT2D eigenvalue weighted by molar-refractivity contribution is 7.13. The van der Waals surface area contributed by atoms with Gasteiger partial charge in [0.1, 0.15) is 11.1 Å². The molecular weight excluding hydrogens is 454 g/mol. The maximum atomic E-state index is 13.8. The van der Waals surface area contributed by atoms with Gasteiger partial charge in [-0.05, 0) is 68.7 Å². The fraction of sp³-hybridized carbons (Fsp3) is 0.280. The van der Waals surface area contributed by atoms with Crippen LogP contribution in [0.5, 0.6) is 11.5 Å². The molecule has 2 aromatic heterocycles. The van der Waals surface area contributed by atoms with E-state index in [0.717, 1.165) is 11.1 Å². The van der Waals surface area contributed by atoms with Crippen molar-refractivity contribution in [3.63, 3.8) is 0 Å². The number of amides is 1. The third kappa shape index (κ3) is 3.43. The van der Waals surface area contributed by atoms with Crippen LogP contribution in [0.25, 0.3) is 11.0 Å². The van der Waals surface area contributed by atoms with Crippen molar-refractivity contribution in [2.75, 3.05) is 18.1 Å². The summed E-state index contributed by atoms with van der Waals surface area (Å²) in [6.45, 7) is 8.58. The summed E-state index contributed by atoms with van der Waals surface area (Å²) in [5.74, 6) is 0.724. The highest BCUT2D eigenvalue weighted by Crippen LogP contribution is 2.43. The lowest BCUT2D eigenvalue weighted by Gasteiger charge is -2.23. The molecule has 1 atom stereocenters. The second-order valence-corrected chi connectivity index (χ2v) is 8.79. The zero-order chi connectivity index (χ0) is 24.0. The number of nitrogens with zero attached hydrogens (tertiary/aromatic N) is 3. The number of benzene rings is 2. The van der Waals surface area contributed by atoms with Gasteiger partial charge in [-0.1, -0.05) is 17.4 Å². The minimum absolute atomic E-state index is 0.0211. The number of fused-ring (bicyclic) bond motifs is 2. The van der Waals surface area contributed by atoms with Gasteiger partial charge in [-0.3, -0.25) is 14.5 Å². The number of carbonyl (C=O) groups is 1. The molecule has 1 amide bonds. The molecule has 0 N–H and O–H groups in total. The SMILES string of the molecule is CCOc1ccc(C2c3c(oc4cc(C)c(C)cc4c3=O)C(=O)N2c2nncs2)cc1OCC.